The summed E-state index contributed by atoms with van der Waals surface area (Å²) in [7, 11) is 0. The maximum Gasteiger partial charge on any atom is 0.251 e. The van der Waals surface area contributed by atoms with Gasteiger partial charge in [0.1, 0.15) is 0 Å². The Morgan fingerprint density at radius 2 is 2.24 bits per heavy atom. The Morgan fingerprint density at radius 3 is 2.82 bits per heavy atom. The van der Waals surface area contributed by atoms with E-state index in [-0.39, 0.29) is 5.91 Å². The van der Waals surface area contributed by atoms with Gasteiger partial charge in [0.15, 0.2) is 0 Å². The number of thioether (sulfide) groups is 1. The second-order valence-corrected chi connectivity index (χ2v) is 4.76. The van der Waals surface area contributed by atoms with Gasteiger partial charge in [-0.05, 0) is 49.1 Å². The minimum atomic E-state index is -0.0298. The van der Waals surface area contributed by atoms with Crippen molar-refractivity contribution in [3.63, 3.8) is 0 Å². The average Bonchev–Trinajstić information content (AvgIpc) is 2.34. The molecule has 0 aliphatic heterocycles. The standard InChI is InChI=1S/C12H19N3OS/c1-9-8-10(4-5-11(9)15-13)12(16)14-6-3-7-17-2/h4-5,8,15H,3,6-7,13H2,1-2H3,(H,14,16). The molecule has 17 heavy (non-hydrogen) atoms. The lowest BCUT2D eigenvalue weighted by atomic mass is 10.1. The molecule has 0 saturated carbocycles. The van der Waals surface area contributed by atoms with E-state index in [0.717, 1.165) is 30.0 Å². The second-order valence-electron chi connectivity index (χ2n) is 3.78. The number of nitrogens with one attached hydrogen (secondary N) is 2. The minimum absolute atomic E-state index is 0.0298. The van der Waals surface area contributed by atoms with Crippen LogP contribution in [0.25, 0.3) is 0 Å². The molecule has 0 radical (unpaired) electrons. The van der Waals surface area contributed by atoms with Gasteiger partial charge in [0.2, 0.25) is 0 Å². The number of carbonyl (C=O) groups is 1. The SMILES string of the molecule is CSCCCNC(=O)c1ccc(NN)c(C)c1. The summed E-state index contributed by atoms with van der Waals surface area (Å²) in [6.07, 6.45) is 3.05. The van der Waals surface area contributed by atoms with Gasteiger partial charge in [0.25, 0.3) is 5.91 Å². The van der Waals surface area contributed by atoms with Crippen molar-refractivity contribution in [2.45, 2.75) is 13.3 Å². The van der Waals surface area contributed by atoms with Crippen LogP contribution in [0.3, 0.4) is 0 Å². The first-order valence-corrected chi connectivity index (χ1v) is 6.93. The molecule has 0 atom stereocenters. The maximum atomic E-state index is 11.8. The van der Waals surface area contributed by atoms with E-state index in [9.17, 15) is 4.79 Å². The highest BCUT2D eigenvalue weighted by molar-refractivity contribution is 7.98. The average molecular weight is 253 g/mol. The van der Waals surface area contributed by atoms with Crippen LogP contribution in [-0.4, -0.2) is 24.5 Å². The predicted octanol–water partition coefficient (Wildman–Crippen LogP) is 1.76. The van der Waals surface area contributed by atoms with Crippen LogP contribution in [0, 0.1) is 6.92 Å². The number of benzene rings is 1. The van der Waals surface area contributed by atoms with Crippen molar-refractivity contribution in [2.75, 3.05) is 24.0 Å². The Hall–Kier alpha value is -1.20. The topological polar surface area (TPSA) is 67.2 Å². The van der Waals surface area contributed by atoms with Crippen LogP contribution in [0.2, 0.25) is 0 Å². The van der Waals surface area contributed by atoms with Crippen molar-refractivity contribution in [1.82, 2.24) is 5.32 Å². The van der Waals surface area contributed by atoms with E-state index in [1.54, 1.807) is 17.8 Å². The predicted molar refractivity (Wildman–Crippen MR) is 74.3 cm³/mol. The molecule has 0 aromatic heterocycles. The number of amides is 1. The van der Waals surface area contributed by atoms with E-state index in [0.29, 0.717) is 5.56 Å². The van der Waals surface area contributed by atoms with Gasteiger partial charge in [0, 0.05) is 12.1 Å². The molecule has 1 amide bonds. The molecular formula is C12H19N3OS. The van der Waals surface area contributed by atoms with Crippen molar-refractivity contribution < 1.29 is 4.79 Å². The third kappa shape index (κ3) is 4.28. The lowest BCUT2D eigenvalue weighted by Crippen LogP contribution is -2.25. The minimum Gasteiger partial charge on any atom is -0.352 e. The first kappa shape index (κ1) is 13.9. The quantitative estimate of drug-likeness (QED) is 0.410. The second kappa shape index (κ2) is 7.19. The molecule has 0 aliphatic rings. The molecule has 5 heteroatoms. The van der Waals surface area contributed by atoms with Gasteiger partial charge in [-0.25, -0.2) is 0 Å². The van der Waals surface area contributed by atoms with Gasteiger partial charge in [-0.3, -0.25) is 10.6 Å². The summed E-state index contributed by atoms with van der Waals surface area (Å²) < 4.78 is 0. The van der Waals surface area contributed by atoms with Gasteiger partial charge in [-0.15, -0.1) is 0 Å². The number of rotatable bonds is 6. The van der Waals surface area contributed by atoms with Crippen LogP contribution in [0.4, 0.5) is 5.69 Å². The fourth-order valence-electron chi connectivity index (χ4n) is 1.49. The van der Waals surface area contributed by atoms with Crippen LogP contribution in [0.5, 0.6) is 0 Å². The molecule has 0 fully saturated rings. The Bertz CT molecular complexity index is 382. The molecule has 1 aromatic rings. The zero-order valence-corrected chi connectivity index (χ0v) is 11.1. The Kier molecular flexibility index (Phi) is 5.86. The molecule has 4 nitrogen and oxygen atoms in total. The van der Waals surface area contributed by atoms with E-state index >= 15 is 0 Å². The fourth-order valence-corrected chi connectivity index (χ4v) is 1.92. The Balaban J connectivity index is 2.54. The molecule has 1 aromatic carbocycles. The molecule has 0 heterocycles. The van der Waals surface area contributed by atoms with Crippen LogP contribution in [0.1, 0.15) is 22.3 Å². The molecular weight excluding hydrogens is 234 g/mol. The number of hydrazine groups is 1. The summed E-state index contributed by atoms with van der Waals surface area (Å²) in [6, 6.07) is 5.41. The first-order chi connectivity index (χ1) is 8.19. The van der Waals surface area contributed by atoms with Crippen LogP contribution >= 0.6 is 11.8 Å². The fraction of sp³-hybridized carbons (Fsp3) is 0.417. The Labute approximate surface area is 106 Å². The Morgan fingerprint density at radius 1 is 1.47 bits per heavy atom. The van der Waals surface area contributed by atoms with Gasteiger partial charge in [0.05, 0.1) is 5.69 Å². The van der Waals surface area contributed by atoms with Crippen molar-refractivity contribution in [3.8, 4) is 0 Å². The zero-order chi connectivity index (χ0) is 12.7. The maximum absolute atomic E-state index is 11.8. The lowest BCUT2D eigenvalue weighted by molar-refractivity contribution is 0.0953. The van der Waals surface area contributed by atoms with E-state index in [4.69, 9.17) is 5.84 Å². The summed E-state index contributed by atoms with van der Waals surface area (Å²) >= 11 is 1.78. The highest BCUT2D eigenvalue weighted by atomic mass is 32.2. The number of nitrogen functional groups attached to an aromatic ring is 1. The van der Waals surface area contributed by atoms with Crippen molar-refractivity contribution in [3.05, 3.63) is 29.3 Å². The van der Waals surface area contributed by atoms with E-state index in [2.05, 4.69) is 17.0 Å². The third-order valence-electron chi connectivity index (χ3n) is 2.45. The molecule has 0 unspecified atom stereocenters. The number of nitrogens with two attached hydrogens (primary N) is 1. The molecule has 4 N–H and O–H groups in total. The number of carbonyl (C=O) groups excluding carboxylic acids is 1. The van der Waals surface area contributed by atoms with Gasteiger partial charge in [-0.2, -0.15) is 11.8 Å². The van der Waals surface area contributed by atoms with Gasteiger partial charge in [-0.1, -0.05) is 0 Å². The summed E-state index contributed by atoms with van der Waals surface area (Å²) in [5, 5.41) is 2.89. The number of hydrogen-bond donors (Lipinski definition) is 3. The van der Waals surface area contributed by atoms with Crippen molar-refractivity contribution in [1.29, 1.82) is 0 Å². The van der Waals surface area contributed by atoms with Crippen molar-refractivity contribution >= 4 is 23.4 Å². The monoisotopic (exact) mass is 253 g/mol. The van der Waals surface area contributed by atoms with Gasteiger partial charge < -0.3 is 10.7 Å². The summed E-state index contributed by atoms with van der Waals surface area (Å²) in [4.78, 5) is 11.8. The highest BCUT2D eigenvalue weighted by Gasteiger charge is 2.06. The first-order valence-electron chi connectivity index (χ1n) is 5.53. The summed E-state index contributed by atoms with van der Waals surface area (Å²) in [5.41, 5.74) is 5.06. The normalized spacial score (nSPS) is 10.1. The van der Waals surface area contributed by atoms with Crippen LogP contribution in [0.15, 0.2) is 18.2 Å². The molecule has 0 aliphatic carbocycles. The van der Waals surface area contributed by atoms with E-state index in [1.165, 1.54) is 0 Å². The molecule has 1 rings (SSSR count). The highest BCUT2D eigenvalue weighted by Crippen LogP contribution is 2.15. The summed E-state index contributed by atoms with van der Waals surface area (Å²) in [5.74, 6) is 6.37. The molecule has 0 saturated heterocycles. The number of aryl methyl sites for hydroxylation is 1. The number of anilines is 1. The molecule has 94 valence electrons. The molecule has 0 spiro atoms. The largest absolute Gasteiger partial charge is 0.352 e. The lowest BCUT2D eigenvalue weighted by Gasteiger charge is -2.08. The van der Waals surface area contributed by atoms with Crippen LogP contribution in [-0.2, 0) is 0 Å². The van der Waals surface area contributed by atoms with Gasteiger partial charge >= 0.3 is 0 Å². The van der Waals surface area contributed by atoms with E-state index in [1.807, 2.05) is 19.1 Å². The van der Waals surface area contributed by atoms with Crippen molar-refractivity contribution in [2.24, 2.45) is 5.84 Å². The number of hydrogen-bond acceptors (Lipinski definition) is 4. The van der Waals surface area contributed by atoms with E-state index < -0.39 is 0 Å². The zero-order valence-electron chi connectivity index (χ0n) is 10.2. The molecule has 0 bridgehead atoms. The summed E-state index contributed by atoms with van der Waals surface area (Å²) in [6.45, 7) is 2.63. The smallest absolute Gasteiger partial charge is 0.251 e. The third-order valence-corrected chi connectivity index (χ3v) is 3.15. The van der Waals surface area contributed by atoms with Crippen LogP contribution < -0.4 is 16.6 Å².